The van der Waals surface area contributed by atoms with Gasteiger partial charge in [0.05, 0.1) is 5.69 Å². The zero-order chi connectivity index (χ0) is 27.6. The highest BCUT2D eigenvalue weighted by atomic mass is 19.3. The third-order valence-electron chi connectivity index (χ3n) is 8.38. The lowest BCUT2D eigenvalue weighted by Crippen LogP contribution is -2.53. The molecular formula is C30H38F2N4O3. The molecule has 7 nitrogen and oxygen atoms in total. The Morgan fingerprint density at radius 3 is 2.51 bits per heavy atom. The maximum Gasteiger partial charge on any atom is 0.259 e. The number of alkyl halides is 2. The number of amides is 3. The molecule has 210 valence electrons. The Kier molecular flexibility index (Phi) is 8.28. The smallest absolute Gasteiger partial charge is 0.259 e. The van der Waals surface area contributed by atoms with Crippen molar-refractivity contribution in [3.05, 3.63) is 41.5 Å². The van der Waals surface area contributed by atoms with E-state index in [0.29, 0.717) is 25.1 Å². The van der Waals surface area contributed by atoms with Crippen molar-refractivity contribution in [2.75, 3.05) is 38.1 Å². The van der Waals surface area contributed by atoms with Crippen molar-refractivity contribution in [3.63, 3.8) is 0 Å². The largest absolute Gasteiger partial charge is 0.303 e. The van der Waals surface area contributed by atoms with E-state index >= 15 is 0 Å². The van der Waals surface area contributed by atoms with Gasteiger partial charge in [0.25, 0.3) is 11.8 Å². The fourth-order valence-corrected chi connectivity index (χ4v) is 6.16. The van der Waals surface area contributed by atoms with Gasteiger partial charge in [-0.2, -0.15) is 0 Å². The molecule has 1 N–H and O–H groups in total. The highest BCUT2D eigenvalue weighted by Gasteiger charge is 2.41. The molecule has 0 aliphatic carbocycles. The van der Waals surface area contributed by atoms with Gasteiger partial charge in [-0.25, -0.2) is 8.78 Å². The van der Waals surface area contributed by atoms with Crippen molar-refractivity contribution in [1.82, 2.24) is 15.1 Å². The van der Waals surface area contributed by atoms with Crippen LogP contribution in [-0.2, 0) is 16.1 Å². The van der Waals surface area contributed by atoms with Gasteiger partial charge in [0.2, 0.25) is 11.8 Å². The number of piperidine rings is 2. The van der Waals surface area contributed by atoms with Gasteiger partial charge >= 0.3 is 0 Å². The molecule has 2 aromatic carbocycles. The van der Waals surface area contributed by atoms with Crippen molar-refractivity contribution in [1.29, 1.82) is 0 Å². The number of hydrogen-bond acceptors (Lipinski definition) is 5. The van der Waals surface area contributed by atoms with Crippen LogP contribution in [0.25, 0.3) is 10.8 Å². The second kappa shape index (κ2) is 11.7. The molecule has 2 saturated heterocycles. The standard InChI is InChI=1S/C30H38F2N4O3/c1-34(16-5-3-2-4-6-17-35-18-14-30(31,32)15-19-35)20-21-10-11-24-27-22(21)8-7-9-23(27)29(39)36(24)25-12-13-26(37)33-28(25)38/h7-11,25H,2-6,12-20H2,1H3,(H,33,37,38). The zero-order valence-corrected chi connectivity index (χ0v) is 22.7. The summed E-state index contributed by atoms with van der Waals surface area (Å²) in [6.07, 6.45) is 6.12. The van der Waals surface area contributed by atoms with Gasteiger partial charge in [-0.1, -0.05) is 37.5 Å². The average molecular weight is 541 g/mol. The Morgan fingerprint density at radius 2 is 1.74 bits per heavy atom. The van der Waals surface area contributed by atoms with E-state index in [9.17, 15) is 23.2 Å². The fourth-order valence-electron chi connectivity index (χ4n) is 6.16. The van der Waals surface area contributed by atoms with Gasteiger partial charge in [-0.3, -0.25) is 24.6 Å². The molecule has 0 radical (unpaired) electrons. The van der Waals surface area contributed by atoms with Gasteiger partial charge in [0.1, 0.15) is 6.04 Å². The Balaban J connectivity index is 1.11. The monoisotopic (exact) mass is 540 g/mol. The van der Waals surface area contributed by atoms with Crippen LogP contribution in [0.3, 0.4) is 0 Å². The molecule has 3 heterocycles. The molecule has 0 aromatic heterocycles. The second-order valence-electron chi connectivity index (χ2n) is 11.3. The van der Waals surface area contributed by atoms with Crippen molar-refractivity contribution >= 4 is 34.2 Å². The summed E-state index contributed by atoms with van der Waals surface area (Å²) in [4.78, 5) is 43.5. The van der Waals surface area contributed by atoms with Gasteiger partial charge in [0, 0.05) is 49.8 Å². The number of benzene rings is 2. The number of anilines is 1. The summed E-state index contributed by atoms with van der Waals surface area (Å²) in [5, 5.41) is 4.28. The zero-order valence-electron chi connectivity index (χ0n) is 22.7. The van der Waals surface area contributed by atoms with E-state index in [1.807, 2.05) is 30.3 Å². The molecule has 0 saturated carbocycles. The first kappa shape index (κ1) is 27.6. The van der Waals surface area contributed by atoms with E-state index in [1.165, 1.54) is 0 Å². The van der Waals surface area contributed by atoms with Crippen molar-refractivity contribution in [2.24, 2.45) is 0 Å². The number of nitrogens with one attached hydrogen (secondary N) is 1. The SMILES string of the molecule is CN(CCCCCCCN1CCC(F)(F)CC1)Cc1ccc2c3c(cccc13)C(=O)N2C1CCC(=O)NC1=O. The Morgan fingerprint density at radius 1 is 1.00 bits per heavy atom. The number of unbranched alkanes of at least 4 members (excludes halogenated alkanes) is 4. The topological polar surface area (TPSA) is 73.0 Å². The molecule has 39 heavy (non-hydrogen) atoms. The molecule has 3 aliphatic heterocycles. The van der Waals surface area contributed by atoms with Crippen LogP contribution in [0, 0.1) is 0 Å². The highest BCUT2D eigenvalue weighted by molar-refractivity contribution is 6.27. The minimum absolute atomic E-state index is 0.00688. The molecule has 0 bridgehead atoms. The predicted octanol–water partition coefficient (Wildman–Crippen LogP) is 4.72. The highest BCUT2D eigenvalue weighted by Crippen LogP contribution is 2.41. The first-order valence-electron chi connectivity index (χ1n) is 14.2. The number of carbonyl (C=O) groups is 3. The lowest BCUT2D eigenvalue weighted by Gasteiger charge is -2.31. The van der Waals surface area contributed by atoms with E-state index in [4.69, 9.17) is 0 Å². The normalized spacial score (nSPS) is 21.3. The van der Waals surface area contributed by atoms with Crippen LogP contribution in [0.2, 0.25) is 0 Å². The van der Waals surface area contributed by atoms with Crippen LogP contribution in [0.15, 0.2) is 30.3 Å². The first-order valence-corrected chi connectivity index (χ1v) is 14.2. The molecule has 3 aliphatic rings. The minimum Gasteiger partial charge on any atom is -0.303 e. The van der Waals surface area contributed by atoms with E-state index in [2.05, 4.69) is 22.2 Å². The number of rotatable bonds is 11. The summed E-state index contributed by atoms with van der Waals surface area (Å²) in [6.45, 7) is 3.67. The fraction of sp³-hybridized carbons (Fsp3) is 0.567. The summed E-state index contributed by atoms with van der Waals surface area (Å²) in [5.41, 5.74) is 2.49. The maximum absolute atomic E-state index is 13.3. The minimum atomic E-state index is -2.47. The van der Waals surface area contributed by atoms with Crippen molar-refractivity contribution < 1.29 is 23.2 Å². The summed E-state index contributed by atoms with van der Waals surface area (Å²) in [5.74, 6) is -3.37. The number of hydrogen-bond donors (Lipinski definition) is 1. The molecule has 0 spiro atoms. The number of carbonyl (C=O) groups excluding carboxylic acids is 3. The summed E-state index contributed by atoms with van der Waals surface area (Å²) in [6, 6.07) is 9.05. The summed E-state index contributed by atoms with van der Waals surface area (Å²) < 4.78 is 26.6. The van der Waals surface area contributed by atoms with E-state index in [1.54, 1.807) is 4.90 Å². The number of nitrogens with zero attached hydrogens (tertiary/aromatic N) is 3. The van der Waals surface area contributed by atoms with Gasteiger partial charge in [0.15, 0.2) is 0 Å². The Hall–Kier alpha value is -2.91. The average Bonchev–Trinajstić information content (AvgIpc) is 3.18. The molecule has 1 atom stereocenters. The molecule has 2 fully saturated rings. The molecule has 3 amide bonds. The summed E-state index contributed by atoms with van der Waals surface area (Å²) in [7, 11) is 2.11. The van der Waals surface area contributed by atoms with Crippen LogP contribution in [0.1, 0.15) is 73.7 Å². The third kappa shape index (κ3) is 6.14. The van der Waals surface area contributed by atoms with Gasteiger partial charge in [-0.15, -0.1) is 0 Å². The third-order valence-corrected chi connectivity index (χ3v) is 8.38. The Bertz CT molecular complexity index is 1240. The van der Waals surface area contributed by atoms with Crippen molar-refractivity contribution in [3.8, 4) is 0 Å². The van der Waals surface area contributed by atoms with Crippen LogP contribution >= 0.6 is 0 Å². The van der Waals surface area contributed by atoms with Crippen LogP contribution in [-0.4, -0.2) is 72.7 Å². The lowest BCUT2D eigenvalue weighted by molar-refractivity contribution is -0.134. The number of imide groups is 1. The van der Waals surface area contributed by atoms with E-state index in [0.717, 1.165) is 73.8 Å². The van der Waals surface area contributed by atoms with Gasteiger partial charge < -0.3 is 9.80 Å². The van der Waals surface area contributed by atoms with Crippen LogP contribution in [0.4, 0.5) is 14.5 Å². The predicted molar refractivity (Wildman–Crippen MR) is 147 cm³/mol. The molecule has 9 heteroatoms. The summed E-state index contributed by atoms with van der Waals surface area (Å²) >= 11 is 0. The van der Waals surface area contributed by atoms with E-state index in [-0.39, 0.29) is 31.1 Å². The molecule has 1 unspecified atom stereocenters. The maximum atomic E-state index is 13.3. The lowest BCUT2D eigenvalue weighted by atomic mass is 9.99. The van der Waals surface area contributed by atoms with Gasteiger partial charge in [-0.05, 0) is 62.5 Å². The molecular weight excluding hydrogens is 502 g/mol. The van der Waals surface area contributed by atoms with Crippen molar-refractivity contribution in [2.45, 2.75) is 76.3 Å². The van der Waals surface area contributed by atoms with Crippen LogP contribution < -0.4 is 10.2 Å². The van der Waals surface area contributed by atoms with Crippen LogP contribution in [0.5, 0.6) is 0 Å². The number of likely N-dealkylation sites (tertiary alicyclic amines) is 1. The number of halogens is 2. The molecule has 5 rings (SSSR count). The first-order chi connectivity index (χ1) is 18.7. The quantitative estimate of drug-likeness (QED) is 0.330. The second-order valence-corrected chi connectivity index (χ2v) is 11.3. The Labute approximate surface area is 228 Å². The van der Waals surface area contributed by atoms with E-state index < -0.39 is 17.9 Å². The molecule has 2 aromatic rings.